The Kier molecular flexibility index (Phi) is 5.22. The lowest BCUT2D eigenvalue weighted by Gasteiger charge is -2.20. The zero-order valence-electron chi connectivity index (χ0n) is 16.7. The lowest BCUT2D eigenvalue weighted by molar-refractivity contribution is -0.141. The maximum absolute atomic E-state index is 13.2. The first-order valence-corrected chi connectivity index (χ1v) is 9.51. The highest BCUT2D eigenvalue weighted by atomic mass is 35.5. The van der Waals surface area contributed by atoms with Crippen LogP contribution in [0, 0.1) is 13.5 Å². The number of aromatic nitrogens is 2. The average Bonchev–Trinajstić information content (AvgIpc) is 3.35. The highest BCUT2D eigenvalue weighted by Crippen LogP contribution is 2.42. The monoisotopic (exact) mass is 462 g/mol. The number of hydrogen-bond acceptors (Lipinski definition) is 4. The number of nitrogens with zero attached hydrogens (tertiary/aromatic N) is 4. The van der Waals surface area contributed by atoms with E-state index in [0.29, 0.717) is 17.2 Å². The number of hydrogen-bond donors (Lipinski definition) is 0. The number of carbonyl (C=O) groups is 1. The molecule has 0 bridgehead atoms. The summed E-state index contributed by atoms with van der Waals surface area (Å²) in [7, 11) is 1.49. The molecule has 0 spiro atoms. The Balaban J connectivity index is 1.71. The number of amides is 1. The predicted molar refractivity (Wildman–Crippen MR) is 110 cm³/mol. The van der Waals surface area contributed by atoms with Crippen LogP contribution in [0.2, 0.25) is 5.02 Å². The van der Waals surface area contributed by atoms with Crippen LogP contribution in [0.15, 0.2) is 36.4 Å². The molecule has 0 radical (unpaired) electrons. The standard InChI is InChI=1S/C21H14ClF3N4O3/c1-11-18(22)19(21(23,24)25)27-29(11)13-6-4-5-12(7-13)20(30)28(3)15-9-17-16(31-10-32-17)8-14(15)26-2/h4-9H,10H2,1,3H3. The fourth-order valence-electron chi connectivity index (χ4n) is 3.27. The second kappa shape index (κ2) is 7.76. The van der Waals surface area contributed by atoms with Crippen molar-refractivity contribution in [3.63, 3.8) is 0 Å². The van der Waals surface area contributed by atoms with E-state index in [2.05, 4.69) is 9.94 Å². The van der Waals surface area contributed by atoms with Crippen LogP contribution < -0.4 is 14.4 Å². The van der Waals surface area contributed by atoms with Gasteiger partial charge >= 0.3 is 6.18 Å². The SMILES string of the molecule is [C-]#[N+]c1cc2c(cc1N(C)C(=O)c1cccc(-n3nc(C(F)(F)F)c(Cl)c3C)c1)OCO2. The van der Waals surface area contributed by atoms with Gasteiger partial charge in [-0.05, 0) is 37.3 Å². The van der Waals surface area contributed by atoms with Crippen LogP contribution in [0.5, 0.6) is 11.5 Å². The third kappa shape index (κ3) is 3.61. The normalized spacial score (nSPS) is 12.5. The number of anilines is 1. The van der Waals surface area contributed by atoms with Crippen molar-refractivity contribution in [2.75, 3.05) is 18.7 Å². The van der Waals surface area contributed by atoms with Crippen LogP contribution >= 0.6 is 11.6 Å². The average molecular weight is 463 g/mol. The van der Waals surface area contributed by atoms with Crippen molar-refractivity contribution < 1.29 is 27.4 Å². The molecule has 1 amide bonds. The molecule has 1 aliphatic heterocycles. The molecule has 3 aromatic rings. The van der Waals surface area contributed by atoms with E-state index >= 15 is 0 Å². The van der Waals surface area contributed by atoms with E-state index in [-0.39, 0.29) is 29.4 Å². The number of halogens is 4. The summed E-state index contributed by atoms with van der Waals surface area (Å²) in [5, 5.41) is 3.08. The summed E-state index contributed by atoms with van der Waals surface area (Å²) in [4.78, 5) is 17.8. The zero-order valence-corrected chi connectivity index (χ0v) is 17.5. The molecule has 1 aromatic heterocycles. The summed E-state index contributed by atoms with van der Waals surface area (Å²) in [5.74, 6) is 0.332. The number of benzene rings is 2. The Hall–Kier alpha value is -3.71. The fraction of sp³-hybridized carbons (Fsp3) is 0.190. The summed E-state index contributed by atoms with van der Waals surface area (Å²) in [6.45, 7) is 8.82. The first kappa shape index (κ1) is 21.5. The van der Waals surface area contributed by atoms with E-state index in [0.717, 1.165) is 4.68 Å². The van der Waals surface area contributed by atoms with E-state index in [1.165, 1.54) is 55.3 Å². The van der Waals surface area contributed by atoms with Gasteiger partial charge in [-0.1, -0.05) is 17.7 Å². The van der Waals surface area contributed by atoms with Crippen molar-refractivity contribution in [2.45, 2.75) is 13.1 Å². The van der Waals surface area contributed by atoms with Gasteiger partial charge in [0.05, 0.1) is 28.7 Å². The number of alkyl halides is 3. The number of rotatable bonds is 3. The lowest BCUT2D eigenvalue weighted by Crippen LogP contribution is -2.26. The molecule has 0 aliphatic carbocycles. The molecule has 4 rings (SSSR count). The minimum atomic E-state index is -4.71. The van der Waals surface area contributed by atoms with Gasteiger partial charge in [0.2, 0.25) is 12.5 Å². The van der Waals surface area contributed by atoms with Crippen molar-refractivity contribution in [3.8, 4) is 17.2 Å². The topological polar surface area (TPSA) is 61.0 Å². The van der Waals surface area contributed by atoms with Gasteiger partial charge in [0.15, 0.2) is 17.2 Å². The first-order valence-electron chi connectivity index (χ1n) is 9.13. The Bertz CT molecular complexity index is 1280. The van der Waals surface area contributed by atoms with E-state index in [9.17, 15) is 18.0 Å². The predicted octanol–water partition coefficient (Wildman–Crippen LogP) is 5.41. The largest absolute Gasteiger partial charge is 0.455 e. The maximum Gasteiger partial charge on any atom is 0.436 e. The molecular weight excluding hydrogens is 449 g/mol. The van der Waals surface area contributed by atoms with E-state index in [1.54, 1.807) is 0 Å². The Labute approximate surface area is 185 Å². The van der Waals surface area contributed by atoms with Crippen molar-refractivity contribution in [1.82, 2.24) is 9.78 Å². The van der Waals surface area contributed by atoms with Gasteiger partial charge in [-0.3, -0.25) is 4.79 Å². The highest BCUT2D eigenvalue weighted by Gasteiger charge is 2.38. The van der Waals surface area contributed by atoms with Gasteiger partial charge in [-0.2, -0.15) is 18.3 Å². The quantitative estimate of drug-likeness (QED) is 0.488. The zero-order chi connectivity index (χ0) is 23.2. The van der Waals surface area contributed by atoms with Crippen molar-refractivity contribution in [1.29, 1.82) is 0 Å². The van der Waals surface area contributed by atoms with Crippen LogP contribution in [-0.2, 0) is 6.18 Å². The van der Waals surface area contributed by atoms with E-state index in [1.807, 2.05) is 0 Å². The number of ether oxygens (including phenoxy) is 2. The highest BCUT2D eigenvalue weighted by molar-refractivity contribution is 6.32. The van der Waals surface area contributed by atoms with E-state index in [4.69, 9.17) is 27.6 Å². The second-order valence-corrected chi connectivity index (χ2v) is 7.26. The summed E-state index contributed by atoms with van der Waals surface area (Å²) in [6.07, 6.45) is -4.71. The molecule has 0 N–H and O–H groups in total. The Morgan fingerprint density at radius 1 is 1.25 bits per heavy atom. The van der Waals surface area contributed by atoms with Crippen LogP contribution in [0.4, 0.5) is 24.5 Å². The van der Waals surface area contributed by atoms with Crippen molar-refractivity contribution in [2.24, 2.45) is 0 Å². The van der Waals surface area contributed by atoms with Gasteiger partial charge in [0.1, 0.15) is 0 Å². The molecular formula is C21H14ClF3N4O3. The number of carbonyl (C=O) groups excluding carboxylic acids is 1. The third-order valence-electron chi connectivity index (χ3n) is 4.91. The van der Waals surface area contributed by atoms with Gasteiger partial charge in [0, 0.05) is 12.6 Å². The molecule has 0 saturated carbocycles. The molecule has 0 saturated heterocycles. The smallest absolute Gasteiger partial charge is 0.436 e. The minimum absolute atomic E-state index is 0.0155. The summed E-state index contributed by atoms with van der Waals surface area (Å²) in [5.41, 5.74) is -0.216. The maximum atomic E-state index is 13.2. The minimum Gasteiger partial charge on any atom is -0.455 e. The van der Waals surface area contributed by atoms with Crippen LogP contribution in [0.25, 0.3) is 10.5 Å². The van der Waals surface area contributed by atoms with Crippen molar-refractivity contribution >= 4 is 28.9 Å². The summed E-state index contributed by atoms with van der Waals surface area (Å²) in [6, 6.07) is 8.97. The van der Waals surface area contributed by atoms with E-state index < -0.39 is 22.8 Å². The molecule has 164 valence electrons. The molecule has 11 heteroatoms. The molecule has 32 heavy (non-hydrogen) atoms. The first-order chi connectivity index (χ1) is 15.1. The number of fused-ring (bicyclic) bond motifs is 1. The van der Waals surface area contributed by atoms with Crippen LogP contribution in [0.1, 0.15) is 21.7 Å². The Morgan fingerprint density at radius 2 is 1.94 bits per heavy atom. The molecule has 2 heterocycles. The van der Waals surface area contributed by atoms with Crippen molar-refractivity contribution in [3.05, 3.63) is 69.8 Å². The molecule has 7 nitrogen and oxygen atoms in total. The van der Waals surface area contributed by atoms with Crippen LogP contribution in [-0.4, -0.2) is 29.5 Å². The fourth-order valence-corrected chi connectivity index (χ4v) is 3.49. The summed E-state index contributed by atoms with van der Waals surface area (Å²) >= 11 is 5.83. The second-order valence-electron chi connectivity index (χ2n) is 6.88. The summed E-state index contributed by atoms with van der Waals surface area (Å²) < 4.78 is 51.1. The lowest BCUT2D eigenvalue weighted by atomic mass is 10.1. The molecule has 2 aromatic carbocycles. The molecule has 1 aliphatic rings. The van der Waals surface area contributed by atoms with Gasteiger partial charge < -0.3 is 14.4 Å². The van der Waals surface area contributed by atoms with Gasteiger partial charge in [0.25, 0.3) is 5.91 Å². The van der Waals surface area contributed by atoms with Crippen LogP contribution in [0.3, 0.4) is 0 Å². The van der Waals surface area contributed by atoms with Gasteiger partial charge in [-0.25, -0.2) is 9.53 Å². The van der Waals surface area contributed by atoms with Gasteiger partial charge in [-0.15, -0.1) is 0 Å². The molecule has 0 fully saturated rings. The molecule has 0 unspecified atom stereocenters. The molecule has 0 atom stereocenters. The third-order valence-corrected chi connectivity index (χ3v) is 5.36. The Morgan fingerprint density at radius 3 is 2.56 bits per heavy atom.